The lowest BCUT2D eigenvalue weighted by molar-refractivity contribution is -0.140. The summed E-state index contributed by atoms with van der Waals surface area (Å²) in [6, 6.07) is 0.476. The smallest absolute Gasteiger partial charge is 0.223 e. The van der Waals surface area contributed by atoms with E-state index in [-0.39, 0.29) is 28.9 Å². The Morgan fingerprint density at radius 2 is 1.70 bits per heavy atom. The van der Waals surface area contributed by atoms with Crippen LogP contribution in [0.15, 0.2) is 0 Å². The van der Waals surface area contributed by atoms with E-state index in [1.165, 1.54) is 12.8 Å². The maximum atomic E-state index is 12.7. The molecule has 4 nitrogen and oxygen atoms in total. The molecule has 0 aromatic carbocycles. The molecule has 1 saturated carbocycles. The molecule has 1 saturated heterocycles. The van der Waals surface area contributed by atoms with Gasteiger partial charge in [-0.15, -0.1) is 0 Å². The van der Waals surface area contributed by atoms with E-state index < -0.39 is 0 Å². The number of ketones is 1. The van der Waals surface area contributed by atoms with Crippen molar-refractivity contribution in [1.29, 1.82) is 0 Å². The average Bonchev–Trinajstić information content (AvgIpc) is 2.98. The molecule has 3 atom stereocenters. The van der Waals surface area contributed by atoms with Crippen LogP contribution in [0.4, 0.5) is 0 Å². The van der Waals surface area contributed by atoms with Gasteiger partial charge in [0.1, 0.15) is 5.78 Å². The molecule has 0 aromatic rings. The minimum atomic E-state index is -0.356. The predicted octanol–water partition coefficient (Wildman–Crippen LogP) is 3.01. The van der Waals surface area contributed by atoms with Crippen LogP contribution in [0.1, 0.15) is 66.2 Å². The summed E-state index contributed by atoms with van der Waals surface area (Å²) in [4.78, 5) is 27.9. The average molecular weight is 322 g/mol. The topological polar surface area (TPSA) is 49.4 Å². The molecular weight excluding hydrogens is 288 g/mol. The van der Waals surface area contributed by atoms with Crippen molar-refractivity contribution < 1.29 is 9.59 Å². The summed E-state index contributed by atoms with van der Waals surface area (Å²) in [7, 11) is 0. The van der Waals surface area contributed by atoms with Gasteiger partial charge in [-0.2, -0.15) is 0 Å². The number of hydrogen-bond donors (Lipinski definition) is 1. The number of nitrogens with zero attached hydrogens (tertiary/aromatic N) is 1. The Morgan fingerprint density at radius 1 is 1.04 bits per heavy atom. The van der Waals surface area contributed by atoms with Gasteiger partial charge in [0.25, 0.3) is 0 Å². The summed E-state index contributed by atoms with van der Waals surface area (Å²) in [5, 5.41) is 3.16. The Bertz CT molecular complexity index is 428. The Kier molecular flexibility index (Phi) is 6.24. The molecule has 1 aliphatic carbocycles. The monoisotopic (exact) mass is 322 g/mol. The first-order valence-electron chi connectivity index (χ1n) is 9.40. The van der Waals surface area contributed by atoms with E-state index in [1.807, 2.05) is 20.8 Å². The van der Waals surface area contributed by atoms with Gasteiger partial charge in [-0.05, 0) is 38.8 Å². The van der Waals surface area contributed by atoms with Crippen LogP contribution in [0.3, 0.4) is 0 Å². The number of carbonyl (C=O) groups excluding carboxylic acids is 2. The second-order valence-corrected chi connectivity index (χ2v) is 8.28. The highest BCUT2D eigenvalue weighted by Gasteiger charge is 2.40. The Morgan fingerprint density at radius 3 is 2.30 bits per heavy atom. The van der Waals surface area contributed by atoms with Crippen molar-refractivity contribution in [2.24, 2.45) is 17.3 Å². The van der Waals surface area contributed by atoms with Gasteiger partial charge in [0.2, 0.25) is 5.91 Å². The summed E-state index contributed by atoms with van der Waals surface area (Å²) in [6.45, 7) is 11.0. The minimum Gasteiger partial charge on any atom is -0.354 e. The van der Waals surface area contributed by atoms with E-state index in [2.05, 4.69) is 17.1 Å². The molecular formula is C19H34N2O2. The summed E-state index contributed by atoms with van der Waals surface area (Å²) < 4.78 is 0. The highest BCUT2D eigenvalue weighted by atomic mass is 16.2. The van der Waals surface area contributed by atoms with Crippen LogP contribution < -0.4 is 5.32 Å². The number of likely N-dealkylation sites (tertiary alicyclic amines) is 1. The molecule has 1 heterocycles. The van der Waals surface area contributed by atoms with Gasteiger partial charge in [0.15, 0.2) is 0 Å². The van der Waals surface area contributed by atoms with E-state index in [9.17, 15) is 9.59 Å². The molecule has 2 rings (SSSR count). The first-order valence-corrected chi connectivity index (χ1v) is 9.40. The highest BCUT2D eigenvalue weighted by molar-refractivity contribution is 5.91. The lowest BCUT2D eigenvalue weighted by Crippen LogP contribution is -2.46. The van der Waals surface area contributed by atoms with E-state index in [0.717, 1.165) is 45.3 Å². The second-order valence-electron chi connectivity index (χ2n) is 8.28. The Hall–Kier alpha value is -0.900. The molecule has 23 heavy (non-hydrogen) atoms. The van der Waals surface area contributed by atoms with Crippen molar-refractivity contribution >= 4 is 11.7 Å². The van der Waals surface area contributed by atoms with Crippen molar-refractivity contribution in [3.05, 3.63) is 0 Å². The first-order chi connectivity index (χ1) is 10.8. The van der Waals surface area contributed by atoms with Crippen LogP contribution in [-0.4, -0.2) is 42.3 Å². The van der Waals surface area contributed by atoms with Crippen LogP contribution in [0, 0.1) is 17.3 Å². The molecule has 0 bridgehead atoms. The lowest BCUT2D eigenvalue weighted by atomic mass is 9.70. The van der Waals surface area contributed by atoms with Gasteiger partial charge in [0.05, 0.1) is 0 Å². The molecule has 0 aromatic heterocycles. The largest absolute Gasteiger partial charge is 0.354 e. The molecule has 0 radical (unpaired) electrons. The number of Topliss-reactive ketones (excluding diaryl/α,β-unsaturated/α-hetero) is 1. The summed E-state index contributed by atoms with van der Waals surface area (Å²) >= 11 is 0. The number of nitrogens with one attached hydrogen (secondary N) is 1. The highest BCUT2D eigenvalue weighted by Crippen LogP contribution is 2.35. The van der Waals surface area contributed by atoms with Crippen LogP contribution in [0.5, 0.6) is 0 Å². The van der Waals surface area contributed by atoms with Gasteiger partial charge in [-0.3, -0.25) is 14.5 Å². The van der Waals surface area contributed by atoms with E-state index in [4.69, 9.17) is 0 Å². The van der Waals surface area contributed by atoms with Crippen molar-refractivity contribution in [2.75, 3.05) is 19.6 Å². The maximum absolute atomic E-state index is 12.7. The third-order valence-electron chi connectivity index (χ3n) is 5.60. The van der Waals surface area contributed by atoms with E-state index in [1.54, 1.807) is 0 Å². The molecule has 1 aliphatic heterocycles. The van der Waals surface area contributed by atoms with Crippen LogP contribution in [0.2, 0.25) is 0 Å². The van der Waals surface area contributed by atoms with Crippen molar-refractivity contribution in [1.82, 2.24) is 10.2 Å². The molecule has 1 amide bonds. The molecule has 0 unspecified atom stereocenters. The standard InChI is InChI=1S/C19H34N2O2/c1-5-21-12-8-9-14(21)13-20-18(23)16-11-7-6-10-15(16)17(22)19(2,3)4/h14-16H,5-13H2,1-4H3,(H,20,23)/t14-,15+,16-/m1/s1. The number of rotatable bonds is 5. The van der Waals surface area contributed by atoms with Gasteiger partial charge >= 0.3 is 0 Å². The molecule has 2 fully saturated rings. The molecule has 4 heteroatoms. The normalized spacial score (nSPS) is 29.5. The fourth-order valence-corrected chi connectivity index (χ4v) is 4.21. The maximum Gasteiger partial charge on any atom is 0.223 e. The molecule has 1 N–H and O–H groups in total. The quantitative estimate of drug-likeness (QED) is 0.846. The fraction of sp³-hybridized carbons (Fsp3) is 0.895. The van der Waals surface area contributed by atoms with Gasteiger partial charge in [-0.1, -0.05) is 40.5 Å². The SMILES string of the molecule is CCN1CCC[C@@H]1CNC(=O)[C@@H]1CCCC[C@@H]1C(=O)C(C)(C)C. The zero-order chi connectivity index (χ0) is 17.0. The first kappa shape index (κ1) is 18.4. The minimum absolute atomic E-state index is 0.0883. The third kappa shape index (κ3) is 4.56. The zero-order valence-electron chi connectivity index (χ0n) is 15.4. The van der Waals surface area contributed by atoms with E-state index in [0.29, 0.717) is 6.04 Å². The predicted molar refractivity (Wildman–Crippen MR) is 93.2 cm³/mol. The summed E-state index contributed by atoms with van der Waals surface area (Å²) in [5.41, 5.74) is -0.356. The summed E-state index contributed by atoms with van der Waals surface area (Å²) in [6.07, 6.45) is 6.27. The van der Waals surface area contributed by atoms with Crippen molar-refractivity contribution in [3.63, 3.8) is 0 Å². The number of carbonyl (C=O) groups is 2. The van der Waals surface area contributed by atoms with Gasteiger partial charge in [0, 0.05) is 29.8 Å². The third-order valence-corrected chi connectivity index (χ3v) is 5.60. The fourth-order valence-electron chi connectivity index (χ4n) is 4.21. The zero-order valence-corrected chi connectivity index (χ0v) is 15.4. The lowest BCUT2D eigenvalue weighted by Gasteiger charge is -2.34. The summed E-state index contributed by atoms with van der Waals surface area (Å²) in [5.74, 6) is 0.158. The number of amides is 1. The van der Waals surface area contributed by atoms with Crippen LogP contribution in [-0.2, 0) is 9.59 Å². The second kappa shape index (κ2) is 7.78. The Labute approximate surface area is 141 Å². The van der Waals surface area contributed by atoms with Crippen molar-refractivity contribution in [2.45, 2.75) is 72.3 Å². The number of hydrogen-bond acceptors (Lipinski definition) is 3. The molecule has 2 aliphatic rings. The van der Waals surface area contributed by atoms with Crippen LogP contribution >= 0.6 is 0 Å². The van der Waals surface area contributed by atoms with Gasteiger partial charge < -0.3 is 5.32 Å². The van der Waals surface area contributed by atoms with E-state index >= 15 is 0 Å². The molecule has 132 valence electrons. The van der Waals surface area contributed by atoms with Gasteiger partial charge in [-0.25, -0.2) is 0 Å². The van der Waals surface area contributed by atoms with Crippen molar-refractivity contribution in [3.8, 4) is 0 Å². The number of likely N-dealkylation sites (N-methyl/N-ethyl adjacent to an activating group) is 1. The Balaban J connectivity index is 1.94. The molecule has 0 spiro atoms. The van der Waals surface area contributed by atoms with Crippen LogP contribution in [0.25, 0.3) is 0 Å².